The van der Waals surface area contributed by atoms with E-state index >= 15 is 0 Å². The van der Waals surface area contributed by atoms with Crippen LogP contribution in [0.5, 0.6) is 0 Å². The summed E-state index contributed by atoms with van der Waals surface area (Å²) in [5.41, 5.74) is 0.966. The van der Waals surface area contributed by atoms with Crippen molar-refractivity contribution >= 4 is 28.3 Å². The normalized spacial score (nSPS) is 10.4. The fourth-order valence-corrected chi connectivity index (χ4v) is 2.27. The highest BCUT2D eigenvalue weighted by Crippen LogP contribution is 2.18. The van der Waals surface area contributed by atoms with E-state index in [0.717, 1.165) is 5.69 Å². The summed E-state index contributed by atoms with van der Waals surface area (Å²) < 4.78 is 4.82. The van der Waals surface area contributed by atoms with Crippen LogP contribution in [0.1, 0.15) is 34.8 Å². The van der Waals surface area contributed by atoms with Crippen molar-refractivity contribution in [3.63, 3.8) is 0 Å². The van der Waals surface area contributed by atoms with E-state index in [1.807, 2.05) is 0 Å². The molecule has 2 aromatic heterocycles. The molecule has 0 aliphatic carbocycles. The third-order valence-corrected chi connectivity index (χ3v) is 3.26. The van der Waals surface area contributed by atoms with Gasteiger partial charge < -0.3 is 9.63 Å². The first kappa shape index (κ1) is 14.2. The molecule has 0 unspecified atom stereocenters. The fourth-order valence-electron chi connectivity index (χ4n) is 1.53. The largest absolute Gasteiger partial charge is 0.481 e. The number of rotatable bonds is 6. The number of thiazole rings is 1. The monoisotopic (exact) mass is 295 g/mol. The Kier molecular flexibility index (Phi) is 4.46. The zero-order chi connectivity index (χ0) is 14.5. The molecule has 2 N–H and O–H groups in total. The third kappa shape index (κ3) is 3.89. The molecular weight excluding hydrogens is 282 g/mol. The van der Waals surface area contributed by atoms with Crippen LogP contribution in [0, 0.1) is 6.92 Å². The molecule has 0 fully saturated rings. The Bertz CT molecular complexity index is 620. The number of nitrogens with one attached hydrogen (secondary N) is 1. The lowest BCUT2D eigenvalue weighted by molar-refractivity contribution is -0.137. The van der Waals surface area contributed by atoms with Crippen molar-refractivity contribution in [3.8, 4) is 0 Å². The van der Waals surface area contributed by atoms with Gasteiger partial charge in [0.1, 0.15) is 5.76 Å². The first-order chi connectivity index (χ1) is 9.54. The lowest BCUT2D eigenvalue weighted by atomic mass is 10.2. The summed E-state index contributed by atoms with van der Waals surface area (Å²) in [6.07, 6.45) is 1.20. The van der Waals surface area contributed by atoms with E-state index in [1.54, 1.807) is 12.3 Å². The number of anilines is 1. The number of aryl methyl sites for hydroxylation is 2. The number of aromatic nitrogens is 2. The summed E-state index contributed by atoms with van der Waals surface area (Å²) in [6.45, 7) is 1.70. The second-order valence-electron chi connectivity index (χ2n) is 4.17. The fraction of sp³-hybridized carbons (Fsp3) is 0.333. The van der Waals surface area contributed by atoms with Gasteiger partial charge in [-0.1, -0.05) is 5.16 Å². The van der Waals surface area contributed by atoms with Crippen LogP contribution in [0.3, 0.4) is 0 Å². The Morgan fingerprint density at radius 1 is 1.50 bits per heavy atom. The van der Waals surface area contributed by atoms with Crippen LogP contribution in [-0.2, 0) is 11.2 Å². The second-order valence-corrected chi connectivity index (χ2v) is 5.03. The molecule has 0 saturated heterocycles. The highest BCUT2D eigenvalue weighted by molar-refractivity contribution is 7.13. The number of carbonyl (C=O) groups is 2. The SMILES string of the molecule is Cc1cc(C(=O)Nc2nc(CCCC(=O)O)cs2)no1. The van der Waals surface area contributed by atoms with E-state index in [2.05, 4.69) is 15.5 Å². The number of amides is 1. The Morgan fingerprint density at radius 2 is 2.30 bits per heavy atom. The highest BCUT2D eigenvalue weighted by Gasteiger charge is 2.13. The predicted octanol–water partition coefficient (Wildman–Crippen LogP) is 2.10. The molecule has 0 radical (unpaired) electrons. The van der Waals surface area contributed by atoms with Gasteiger partial charge in [-0.15, -0.1) is 11.3 Å². The maximum atomic E-state index is 11.8. The molecule has 8 heteroatoms. The summed E-state index contributed by atoms with van der Waals surface area (Å²) in [5, 5.41) is 17.0. The third-order valence-electron chi connectivity index (χ3n) is 2.46. The zero-order valence-electron chi connectivity index (χ0n) is 10.8. The van der Waals surface area contributed by atoms with Gasteiger partial charge in [-0.3, -0.25) is 14.9 Å². The number of aliphatic carboxylic acids is 1. The first-order valence-electron chi connectivity index (χ1n) is 5.95. The molecule has 2 aromatic rings. The second kappa shape index (κ2) is 6.29. The summed E-state index contributed by atoms with van der Waals surface area (Å²) in [7, 11) is 0. The van der Waals surface area contributed by atoms with Crippen molar-refractivity contribution in [1.29, 1.82) is 0 Å². The van der Waals surface area contributed by atoms with E-state index in [4.69, 9.17) is 9.63 Å². The van der Waals surface area contributed by atoms with Crippen LogP contribution in [0.25, 0.3) is 0 Å². The molecular formula is C12H13N3O4S. The van der Waals surface area contributed by atoms with Crippen LogP contribution in [0.2, 0.25) is 0 Å². The first-order valence-corrected chi connectivity index (χ1v) is 6.83. The standard InChI is InChI=1S/C12H13N3O4S/c1-7-5-9(15-19-7)11(18)14-12-13-8(6-20-12)3-2-4-10(16)17/h5-6H,2-4H2,1H3,(H,16,17)(H,13,14,18). The van der Waals surface area contributed by atoms with Crippen molar-refractivity contribution in [2.45, 2.75) is 26.2 Å². The Hall–Kier alpha value is -2.22. The molecule has 0 spiro atoms. The Morgan fingerprint density at radius 3 is 2.95 bits per heavy atom. The van der Waals surface area contributed by atoms with E-state index in [-0.39, 0.29) is 18.0 Å². The average Bonchev–Trinajstić information content (AvgIpc) is 2.98. The smallest absolute Gasteiger partial charge is 0.303 e. The summed E-state index contributed by atoms with van der Waals surface area (Å²) >= 11 is 1.29. The number of carboxylic acids is 1. The Balaban J connectivity index is 1.89. The summed E-state index contributed by atoms with van der Waals surface area (Å²) in [4.78, 5) is 26.4. The number of hydrogen-bond donors (Lipinski definition) is 2. The van der Waals surface area contributed by atoms with Gasteiger partial charge in [-0.25, -0.2) is 4.98 Å². The zero-order valence-corrected chi connectivity index (χ0v) is 11.6. The van der Waals surface area contributed by atoms with Crippen LogP contribution >= 0.6 is 11.3 Å². The summed E-state index contributed by atoms with van der Waals surface area (Å²) in [6, 6.07) is 1.54. The molecule has 0 saturated carbocycles. The minimum atomic E-state index is -0.824. The summed E-state index contributed by atoms with van der Waals surface area (Å²) in [5.74, 6) is -0.646. The van der Waals surface area contributed by atoms with E-state index in [0.29, 0.717) is 23.7 Å². The number of carbonyl (C=O) groups excluding carboxylic acids is 1. The van der Waals surface area contributed by atoms with Gasteiger partial charge in [0.25, 0.3) is 5.91 Å². The maximum absolute atomic E-state index is 11.8. The molecule has 2 rings (SSSR count). The van der Waals surface area contributed by atoms with Crippen LogP contribution in [-0.4, -0.2) is 27.1 Å². The lowest BCUT2D eigenvalue weighted by Crippen LogP contribution is -2.12. The van der Waals surface area contributed by atoms with Crippen LogP contribution < -0.4 is 5.32 Å². The lowest BCUT2D eigenvalue weighted by Gasteiger charge is -1.96. The number of nitrogens with zero attached hydrogens (tertiary/aromatic N) is 2. The number of hydrogen-bond acceptors (Lipinski definition) is 6. The van der Waals surface area contributed by atoms with Gasteiger partial charge in [0, 0.05) is 17.9 Å². The molecule has 2 heterocycles. The maximum Gasteiger partial charge on any atom is 0.303 e. The molecule has 0 aromatic carbocycles. The van der Waals surface area contributed by atoms with Crippen molar-refractivity contribution < 1.29 is 19.2 Å². The topological polar surface area (TPSA) is 105 Å². The highest BCUT2D eigenvalue weighted by atomic mass is 32.1. The van der Waals surface area contributed by atoms with Gasteiger partial charge in [-0.2, -0.15) is 0 Å². The molecule has 0 atom stereocenters. The molecule has 0 bridgehead atoms. The van der Waals surface area contributed by atoms with E-state index in [9.17, 15) is 9.59 Å². The molecule has 7 nitrogen and oxygen atoms in total. The minimum Gasteiger partial charge on any atom is -0.481 e. The van der Waals surface area contributed by atoms with E-state index in [1.165, 1.54) is 17.4 Å². The van der Waals surface area contributed by atoms with Crippen molar-refractivity contribution in [3.05, 3.63) is 28.6 Å². The molecule has 1 amide bonds. The molecule has 0 aliphatic rings. The van der Waals surface area contributed by atoms with Gasteiger partial charge in [0.2, 0.25) is 0 Å². The van der Waals surface area contributed by atoms with Crippen LogP contribution in [0.4, 0.5) is 5.13 Å². The van der Waals surface area contributed by atoms with Crippen molar-refractivity contribution in [2.24, 2.45) is 0 Å². The quantitative estimate of drug-likeness (QED) is 0.845. The molecule has 106 valence electrons. The van der Waals surface area contributed by atoms with Gasteiger partial charge in [0.15, 0.2) is 10.8 Å². The van der Waals surface area contributed by atoms with Gasteiger partial charge >= 0.3 is 5.97 Å². The minimum absolute atomic E-state index is 0.109. The number of carboxylic acid groups (broad SMARTS) is 1. The van der Waals surface area contributed by atoms with Crippen molar-refractivity contribution in [2.75, 3.05) is 5.32 Å². The van der Waals surface area contributed by atoms with E-state index < -0.39 is 5.97 Å². The average molecular weight is 295 g/mol. The van der Waals surface area contributed by atoms with Crippen molar-refractivity contribution in [1.82, 2.24) is 10.1 Å². The van der Waals surface area contributed by atoms with Crippen LogP contribution in [0.15, 0.2) is 16.0 Å². The molecule has 0 aliphatic heterocycles. The predicted molar refractivity (Wildman–Crippen MR) is 71.9 cm³/mol. The molecule has 20 heavy (non-hydrogen) atoms. The van der Waals surface area contributed by atoms with Gasteiger partial charge in [-0.05, 0) is 19.8 Å². The van der Waals surface area contributed by atoms with Gasteiger partial charge in [0.05, 0.1) is 5.69 Å². The Labute approximate surface area is 118 Å².